The van der Waals surface area contributed by atoms with Crippen LogP contribution in [0.5, 0.6) is 0 Å². The summed E-state index contributed by atoms with van der Waals surface area (Å²) in [5, 5.41) is 0. The van der Waals surface area contributed by atoms with E-state index in [1.807, 2.05) is 0 Å². The van der Waals surface area contributed by atoms with Crippen molar-refractivity contribution < 1.29 is 0 Å². The molecule has 0 aromatic carbocycles. The summed E-state index contributed by atoms with van der Waals surface area (Å²) >= 11 is 0. The maximum atomic E-state index is 4.89. The lowest BCUT2D eigenvalue weighted by molar-refractivity contribution is 0.422. The molecule has 0 unspecified atom stereocenters. The van der Waals surface area contributed by atoms with Crippen molar-refractivity contribution in [3.05, 3.63) is 71.3 Å². The van der Waals surface area contributed by atoms with Crippen molar-refractivity contribution in [3.63, 3.8) is 0 Å². The molecule has 3 aromatic heterocycles. The first-order valence-electron chi connectivity index (χ1n) is 11.2. The summed E-state index contributed by atoms with van der Waals surface area (Å²) in [5.41, 5.74) is 8.27. The number of nitrogens with zero attached hydrogens (tertiary/aromatic N) is 4. The SMILES string of the molecule is CC(C)(C)n1c2ccc1cc1nc(cc3ccc(cc4nc(c2)C=C4)n3C(C)(C)C)C=C1. The van der Waals surface area contributed by atoms with Gasteiger partial charge in [-0.3, -0.25) is 0 Å². The van der Waals surface area contributed by atoms with Crippen molar-refractivity contribution in [1.82, 2.24) is 19.1 Å². The Morgan fingerprint density at radius 2 is 0.719 bits per heavy atom. The van der Waals surface area contributed by atoms with Crippen molar-refractivity contribution in [3.8, 4) is 0 Å². The zero-order valence-corrected chi connectivity index (χ0v) is 19.7. The molecular formula is C28H30N4. The maximum Gasteiger partial charge on any atom is 0.0658 e. The van der Waals surface area contributed by atoms with Gasteiger partial charge in [0.05, 0.1) is 22.8 Å². The second kappa shape index (κ2) is 7.06. The smallest absolute Gasteiger partial charge is 0.0658 e. The number of hydrogen-bond acceptors (Lipinski definition) is 2. The first-order valence-corrected chi connectivity index (χ1v) is 11.2. The molecule has 0 N–H and O–H groups in total. The maximum absolute atomic E-state index is 4.89. The van der Waals surface area contributed by atoms with Crippen molar-refractivity contribution in [2.75, 3.05) is 0 Å². The molecule has 32 heavy (non-hydrogen) atoms. The van der Waals surface area contributed by atoms with Gasteiger partial charge in [-0.2, -0.15) is 0 Å². The highest BCUT2D eigenvalue weighted by Crippen LogP contribution is 2.27. The quantitative estimate of drug-likeness (QED) is 0.266. The fraction of sp³-hybridized carbons (Fsp3) is 0.286. The Morgan fingerprint density at radius 3 is 0.938 bits per heavy atom. The van der Waals surface area contributed by atoms with E-state index in [1.165, 1.54) is 0 Å². The molecule has 0 aliphatic carbocycles. The van der Waals surface area contributed by atoms with Gasteiger partial charge in [-0.05, 0) is 114 Å². The molecule has 5 heterocycles. The van der Waals surface area contributed by atoms with Crippen LogP contribution < -0.4 is 0 Å². The summed E-state index contributed by atoms with van der Waals surface area (Å²) in [7, 11) is 0. The minimum atomic E-state index is -0.0718. The predicted molar refractivity (Wildman–Crippen MR) is 136 cm³/mol. The topological polar surface area (TPSA) is 35.6 Å². The van der Waals surface area contributed by atoms with Crippen LogP contribution in [0.2, 0.25) is 0 Å². The summed E-state index contributed by atoms with van der Waals surface area (Å²) in [6.45, 7) is 13.4. The van der Waals surface area contributed by atoms with Gasteiger partial charge in [-0.1, -0.05) is 0 Å². The number of fused-ring (bicyclic) bond motifs is 8. The highest BCUT2D eigenvalue weighted by Gasteiger charge is 2.18. The molecule has 0 spiro atoms. The molecule has 0 amide bonds. The predicted octanol–water partition coefficient (Wildman–Crippen LogP) is 7.11. The molecule has 162 valence electrons. The fourth-order valence-corrected chi connectivity index (χ4v) is 4.65. The Bertz CT molecular complexity index is 1230. The average molecular weight is 423 g/mol. The third-order valence-electron chi connectivity index (χ3n) is 5.77. The molecule has 2 aliphatic rings. The van der Waals surface area contributed by atoms with Crippen LogP contribution in [-0.4, -0.2) is 19.1 Å². The first kappa shape index (κ1) is 20.5. The normalized spacial score (nSPS) is 13.7. The van der Waals surface area contributed by atoms with Crippen LogP contribution in [0, 0.1) is 0 Å². The number of hydrogen-bond donors (Lipinski definition) is 0. The van der Waals surface area contributed by atoms with Gasteiger partial charge in [0, 0.05) is 33.1 Å². The fourth-order valence-electron chi connectivity index (χ4n) is 4.65. The zero-order chi connectivity index (χ0) is 22.7. The van der Waals surface area contributed by atoms with Gasteiger partial charge in [0.2, 0.25) is 0 Å². The van der Waals surface area contributed by atoms with E-state index in [1.54, 1.807) is 0 Å². The monoisotopic (exact) mass is 422 g/mol. The van der Waals surface area contributed by atoms with Gasteiger partial charge < -0.3 is 9.13 Å². The van der Waals surface area contributed by atoms with Crippen LogP contribution in [0.15, 0.2) is 48.5 Å². The molecule has 4 nitrogen and oxygen atoms in total. The standard InChI is InChI=1S/C28H30N4/c1-27(2,3)31-23-11-12-24(31)16-20-8-10-22(30-20)18-26-14-13-25(32(26)28(4,5)6)17-21-9-7-19(15-23)29-21/h7-18H,1-6H3. The molecule has 0 saturated carbocycles. The Morgan fingerprint density at radius 1 is 0.469 bits per heavy atom. The molecule has 0 radical (unpaired) electrons. The summed E-state index contributed by atoms with van der Waals surface area (Å²) in [5.74, 6) is 0. The van der Waals surface area contributed by atoms with Crippen molar-refractivity contribution >= 4 is 46.4 Å². The number of rotatable bonds is 0. The molecule has 0 fully saturated rings. The van der Waals surface area contributed by atoms with E-state index in [0.717, 1.165) is 44.8 Å². The Hall–Kier alpha value is -3.40. The summed E-state index contributed by atoms with van der Waals surface area (Å²) in [4.78, 5) is 9.79. The largest absolute Gasteiger partial charge is 0.336 e. The van der Waals surface area contributed by atoms with Gasteiger partial charge in [0.25, 0.3) is 0 Å². The van der Waals surface area contributed by atoms with Gasteiger partial charge in [0.15, 0.2) is 0 Å². The zero-order valence-electron chi connectivity index (χ0n) is 19.7. The summed E-state index contributed by atoms with van der Waals surface area (Å²) in [6, 6.07) is 17.3. The van der Waals surface area contributed by atoms with Crippen molar-refractivity contribution in [2.45, 2.75) is 52.6 Å². The van der Waals surface area contributed by atoms with Crippen LogP contribution in [0.25, 0.3) is 46.4 Å². The van der Waals surface area contributed by atoms with Crippen molar-refractivity contribution in [2.24, 2.45) is 0 Å². The second-order valence-corrected chi connectivity index (χ2v) is 10.5. The Kier molecular flexibility index (Phi) is 4.52. The molecule has 8 bridgehead atoms. The third kappa shape index (κ3) is 3.70. The molecule has 0 saturated heterocycles. The molecule has 4 heteroatoms. The van der Waals surface area contributed by atoms with Gasteiger partial charge in [-0.15, -0.1) is 0 Å². The summed E-state index contributed by atoms with van der Waals surface area (Å²) in [6.07, 6.45) is 8.37. The Balaban J connectivity index is 1.92. The molecule has 2 aliphatic heterocycles. The minimum absolute atomic E-state index is 0.0718. The Labute approximate surface area is 189 Å². The molecule has 0 atom stereocenters. The van der Waals surface area contributed by atoms with Crippen LogP contribution in [0.4, 0.5) is 0 Å². The van der Waals surface area contributed by atoms with E-state index < -0.39 is 0 Å². The van der Waals surface area contributed by atoms with Gasteiger partial charge >= 0.3 is 0 Å². The average Bonchev–Trinajstić information content (AvgIpc) is 3.43. The highest BCUT2D eigenvalue weighted by atomic mass is 15.1. The van der Waals surface area contributed by atoms with Gasteiger partial charge in [-0.25, -0.2) is 9.97 Å². The van der Waals surface area contributed by atoms with E-state index in [9.17, 15) is 0 Å². The van der Waals surface area contributed by atoms with E-state index in [2.05, 4.69) is 124 Å². The number of aromatic nitrogens is 4. The summed E-state index contributed by atoms with van der Waals surface area (Å²) < 4.78 is 4.70. The molecular weight excluding hydrogens is 392 g/mol. The van der Waals surface area contributed by atoms with E-state index in [-0.39, 0.29) is 11.1 Å². The van der Waals surface area contributed by atoms with Crippen LogP contribution >= 0.6 is 0 Å². The van der Waals surface area contributed by atoms with E-state index in [0.29, 0.717) is 0 Å². The van der Waals surface area contributed by atoms with E-state index >= 15 is 0 Å². The van der Waals surface area contributed by atoms with E-state index in [4.69, 9.17) is 9.97 Å². The lowest BCUT2D eigenvalue weighted by Crippen LogP contribution is -2.21. The molecule has 3 aromatic rings. The van der Waals surface area contributed by atoms with Crippen LogP contribution in [0.3, 0.4) is 0 Å². The minimum Gasteiger partial charge on any atom is -0.336 e. The third-order valence-corrected chi connectivity index (χ3v) is 5.77. The second-order valence-electron chi connectivity index (χ2n) is 10.5. The molecule has 5 rings (SSSR count). The van der Waals surface area contributed by atoms with Crippen molar-refractivity contribution in [1.29, 1.82) is 0 Å². The van der Waals surface area contributed by atoms with Crippen LogP contribution in [-0.2, 0) is 11.1 Å². The lowest BCUT2D eigenvalue weighted by atomic mass is 10.1. The first-order chi connectivity index (χ1) is 15.1. The van der Waals surface area contributed by atoms with Crippen LogP contribution in [0.1, 0.15) is 64.3 Å². The lowest BCUT2D eigenvalue weighted by Gasteiger charge is -2.24. The highest BCUT2D eigenvalue weighted by molar-refractivity contribution is 5.78. The van der Waals surface area contributed by atoms with Gasteiger partial charge in [0.1, 0.15) is 0 Å².